The van der Waals surface area contributed by atoms with Gasteiger partial charge in [-0.2, -0.15) is 0 Å². The van der Waals surface area contributed by atoms with Gasteiger partial charge >= 0.3 is 5.97 Å². The number of aromatic nitrogens is 3. The Balaban J connectivity index is 1.96. The fourth-order valence-corrected chi connectivity index (χ4v) is 2.17. The molecule has 3 rings (SSSR count). The first-order chi connectivity index (χ1) is 9.79. The lowest BCUT2D eigenvalue weighted by molar-refractivity contribution is -0.144. The van der Waals surface area contributed by atoms with E-state index in [1.54, 1.807) is 4.90 Å². The Morgan fingerprint density at radius 3 is 2.95 bits per heavy atom. The van der Waals surface area contributed by atoms with Crippen molar-refractivity contribution in [2.75, 3.05) is 31.8 Å². The lowest BCUT2D eigenvalue weighted by Gasteiger charge is -2.33. The van der Waals surface area contributed by atoms with Gasteiger partial charge in [0.2, 0.25) is 5.95 Å². The Labute approximate surface area is 115 Å². The summed E-state index contributed by atoms with van der Waals surface area (Å²) >= 11 is 0. The fourth-order valence-electron chi connectivity index (χ4n) is 2.17. The normalized spacial score (nSPS) is 19.1. The summed E-state index contributed by atoms with van der Waals surface area (Å²) in [4.78, 5) is 18.0. The minimum Gasteiger partial charge on any atom is -0.467 e. The highest BCUT2D eigenvalue weighted by Crippen LogP contribution is 2.17. The van der Waals surface area contributed by atoms with Crippen molar-refractivity contribution in [2.45, 2.75) is 6.04 Å². The van der Waals surface area contributed by atoms with Crippen LogP contribution >= 0.6 is 0 Å². The van der Waals surface area contributed by atoms with Gasteiger partial charge in [-0.1, -0.05) is 12.1 Å². The summed E-state index contributed by atoms with van der Waals surface area (Å²) in [6.07, 6.45) is 0. The highest BCUT2D eigenvalue weighted by molar-refractivity contribution is 5.80. The van der Waals surface area contributed by atoms with E-state index in [0.717, 1.165) is 11.0 Å². The number of ether oxygens (including phenoxy) is 2. The Morgan fingerprint density at radius 1 is 1.35 bits per heavy atom. The van der Waals surface area contributed by atoms with Crippen LogP contribution in [-0.4, -0.2) is 54.1 Å². The Kier molecular flexibility index (Phi) is 3.42. The number of para-hydroxylation sites is 1. The molecule has 20 heavy (non-hydrogen) atoms. The van der Waals surface area contributed by atoms with Gasteiger partial charge in [0.05, 0.1) is 25.8 Å². The maximum Gasteiger partial charge on any atom is 0.331 e. The lowest BCUT2D eigenvalue weighted by Crippen LogP contribution is -2.51. The highest BCUT2D eigenvalue weighted by atomic mass is 16.5. The molecule has 0 aliphatic carbocycles. The fraction of sp³-hybridized carbons (Fsp3) is 0.385. The van der Waals surface area contributed by atoms with E-state index < -0.39 is 6.04 Å². The van der Waals surface area contributed by atoms with Crippen LogP contribution in [0.2, 0.25) is 0 Å². The van der Waals surface area contributed by atoms with Crippen molar-refractivity contribution in [1.82, 2.24) is 15.2 Å². The number of benzene rings is 1. The average molecular weight is 274 g/mol. The molecule has 0 radical (unpaired) electrons. The number of hydrogen-bond donors (Lipinski definition) is 0. The summed E-state index contributed by atoms with van der Waals surface area (Å²) in [6, 6.07) is 6.94. The summed E-state index contributed by atoms with van der Waals surface area (Å²) in [5.41, 5.74) is 1.46. The Morgan fingerprint density at radius 2 is 2.15 bits per heavy atom. The molecular weight excluding hydrogens is 260 g/mol. The van der Waals surface area contributed by atoms with E-state index in [2.05, 4.69) is 15.2 Å². The van der Waals surface area contributed by atoms with E-state index in [0.29, 0.717) is 19.1 Å². The summed E-state index contributed by atoms with van der Waals surface area (Å²) in [6.45, 7) is 1.31. The van der Waals surface area contributed by atoms with Crippen LogP contribution in [0.3, 0.4) is 0 Å². The molecule has 1 aromatic heterocycles. The topological polar surface area (TPSA) is 77.4 Å². The molecule has 1 aromatic carbocycles. The monoisotopic (exact) mass is 274 g/mol. The van der Waals surface area contributed by atoms with Gasteiger partial charge in [-0.05, 0) is 12.1 Å². The number of hydrogen-bond acceptors (Lipinski definition) is 7. The minimum absolute atomic E-state index is 0.267. The zero-order valence-corrected chi connectivity index (χ0v) is 11.0. The first kappa shape index (κ1) is 12.7. The number of carbonyl (C=O) groups is 1. The first-order valence-corrected chi connectivity index (χ1v) is 6.31. The van der Waals surface area contributed by atoms with Gasteiger partial charge in [0.15, 0.2) is 6.04 Å². The molecule has 0 saturated carbocycles. The molecule has 104 valence electrons. The number of fused-ring (bicyclic) bond motifs is 1. The molecule has 1 atom stereocenters. The van der Waals surface area contributed by atoms with Crippen LogP contribution in [0.25, 0.3) is 11.0 Å². The molecule has 0 bridgehead atoms. The molecule has 1 aliphatic heterocycles. The molecule has 0 N–H and O–H groups in total. The molecule has 7 nitrogen and oxygen atoms in total. The van der Waals surface area contributed by atoms with Crippen molar-refractivity contribution in [1.29, 1.82) is 0 Å². The predicted molar refractivity (Wildman–Crippen MR) is 71.3 cm³/mol. The highest BCUT2D eigenvalue weighted by Gasteiger charge is 2.32. The molecule has 7 heteroatoms. The molecule has 1 unspecified atom stereocenters. The van der Waals surface area contributed by atoms with Crippen molar-refractivity contribution >= 4 is 23.0 Å². The smallest absolute Gasteiger partial charge is 0.331 e. The van der Waals surface area contributed by atoms with Gasteiger partial charge < -0.3 is 14.4 Å². The molecule has 1 saturated heterocycles. The van der Waals surface area contributed by atoms with Crippen molar-refractivity contribution < 1.29 is 14.3 Å². The maximum atomic E-state index is 11.8. The first-order valence-electron chi connectivity index (χ1n) is 6.31. The largest absolute Gasteiger partial charge is 0.467 e. The number of anilines is 1. The molecule has 1 aliphatic rings. The number of nitrogens with zero attached hydrogens (tertiary/aromatic N) is 4. The summed E-state index contributed by atoms with van der Waals surface area (Å²) in [7, 11) is 1.36. The van der Waals surface area contributed by atoms with Crippen LogP contribution in [0.4, 0.5) is 5.95 Å². The van der Waals surface area contributed by atoms with Crippen LogP contribution in [0, 0.1) is 0 Å². The number of rotatable bonds is 2. The number of morpholine rings is 1. The zero-order valence-electron chi connectivity index (χ0n) is 11.0. The van der Waals surface area contributed by atoms with Gasteiger partial charge in [0, 0.05) is 6.54 Å². The summed E-state index contributed by atoms with van der Waals surface area (Å²) in [5, 5.41) is 8.23. The van der Waals surface area contributed by atoms with E-state index in [1.807, 2.05) is 24.3 Å². The average Bonchev–Trinajstić information content (AvgIpc) is 2.53. The molecule has 1 fully saturated rings. The van der Waals surface area contributed by atoms with E-state index in [1.165, 1.54) is 7.11 Å². The molecule has 2 aromatic rings. The van der Waals surface area contributed by atoms with Gasteiger partial charge in [0.25, 0.3) is 0 Å². The second kappa shape index (κ2) is 5.38. The molecule has 0 spiro atoms. The quantitative estimate of drug-likeness (QED) is 0.734. The molecular formula is C13H14N4O3. The second-order valence-corrected chi connectivity index (χ2v) is 4.41. The van der Waals surface area contributed by atoms with E-state index in [9.17, 15) is 4.79 Å². The van der Waals surface area contributed by atoms with Gasteiger partial charge in [0.1, 0.15) is 5.52 Å². The third-order valence-electron chi connectivity index (χ3n) is 3.21. The second-order valence-electron chi connectivity index (χ2n) is 4.41. The van der Waals surface area contributed by atoms with Crippen LogP contribution in [-0.2, 0) is 14.3 Å². The SMILES string of the molecule is COC(=O)C1COCCN1c1nnc2ccccc2n1. The zero-order chi connectivity index (χ0) is 13.9. The van der Waals surface area contributed by atoms with Gasteiger partial charge in [-0.3, -0.25) is 0 Å². The number of carbonyl (C=O) groups excluding carboxylic acids is 1. The van der Waals surface area contributed by atoms with Crippen LogP contribution < -0.4 is 4.90 Å². The summed E-state index contributed by atoms with van der Waals surface area (Å²) in [5.74, 6) is 0.0591. The predicted octanol–water partition coefficient (Wildman–Crippen LogP) is 0.403. The van der Waals surface area contributed by atoms with Crippen molar-refractivity contribution in [3.05, 3.63) is 24.3 Å². The van der Waals surface area contributed by atoms with Crippen LogP contribution in [0.15, 0.2) is 24.3 Å². The van der Waals surface area contributed by atoms with E-state index in [-0.39, 0.29) is 12.6 Å². The van der Waals surface area contributed by atoms with Gasteiger partial charge in [-0.15, -0.1) is 10.2 Å². The molecule has 0 amide bonds. The van der Waals surface area contributed by atoms with Crippen molar-refractivity contribution in [2.24, 2.45) is 0 Å². The summed E-state index contributed by atoms with van der Waals surface area (Å²) < 4.78 is 10.1. The van der Waals surface area contributed by atoms with Crippen LogP contribution in [0.1, 0.15) is 0 Å². The minimum atomic E-state index is -0.531. The third kappa shape index (κ3) is 2.27. The Hall–Kier alpha value is -2.28. The van der Waals surface area contributed by atoms with Crippen molar-refractivity contribution in [3.63, 3.8) is 0 Å². The Bertz CT molecular complexity index is 634. The number of methoxy groups -OCH3 is 1. The van der Waals surface area contributed by atoms with E-state index >= 15 is 0 Å². The van der Waals surface area contributed by atoms with Crippen LogP contribution in [0.5, 0.6) is 0 Å². The standard InChI is InChI=1S/C13H14N4O3/c1-19-12(18)11-8-20-7-6-17(11)13-14-9-4-2-3-5-10(9)15-16-13/h2-5,11H,6-8H2,1H3. The maximum absolute atomic E-state index is 11.8. The van der Waals surface area contributed by atoms with E-state index in [4.69, 9.17) is 9.47 Å². The lowest BCUT2D eigenvalue weighted by atomic mass is 10.2. The van der Waals surface area contributed by atoms with Crippen molar-refractivity contribution in [3.8, 4) is 0 Å². The van der Waals surface area contributed by atoms with Gasteiger partial charge in [-0.25, -0.2) is 9.78 Å². The number of esters is 1. The third-order valence-corrected chi connectivity index (χ3v) is 3.21. The molecule has 2 heterocycles.